The molecule has 27 heavy (non-hydrogen) atoms. The summed E-state index contributed by atoms with van der Waals surface area (Å²) in [7, 11) is -1.87. The molecule has 1 heterocycles. The predicted molar refractivity (Wildman–Crippen MR) is 104 cm³/mol. The maximum atomic E-state index is 12.9. The highest BCUT2D eigenvalue weighted by molar-refractivity contribution is 7.89. The lowest BCUT2D eigenvalue weighted by Gasteiger charge is -2.30. The van der Waals surface area contributed by atoms with Gasteiger partial charge in [-0.1, -0.05) is 19.3 Å². The number of nitrogens with one attached hydrogen (secondary N) is 1. The number of sulfonamides is 1. The number of nitrogens with zero attached hydrogens (tertiary/aromatic N) is 3. The maximum absolute atomic E-state index is 12.9. The number of amides is 1. The van der Waals surface area contributed by atoms with Gasteiger partial charge in [0.1, 0.15) is 6.04 Å². The zero-order chi connectivity index (χ0) is 19.4. The highest BCUT2D eigenvalue weighted by atomic mass is 32.2. The first-order valence-electron chi connectivity index (χ1n) is 9.27. The molecule has 1 fully saturated rings. The summed E-state index contributed by atoms with van der Waals surface area (Å²) in [5.41, 5.74) is 0.554. The molecule has 0 spiro atoms. The lowest BCUT2D eigenvalue weighted by atomic mass is 9.96. The van der Waals surface area contributed by atoms with Crippen LogP contribution < -0.4 is 5.32 Å². The highest BCUT2D eigenvalue weighted by Crippen LogP contribution is 2.27. The Kier molecular flexibility index (Phi) is 5.96. The van der Waals surface area contributed by atoms with Crippen molar-refractivity contribution in [2.75, 3.05) is 12.4 Å². The Hall–Kier alpha value is -2.19. The zero-order valence-electron chi connectivity index (χ0n) is 15.7. The summed E-state index contributed by atoms with van der Waals surface area (Å²) in [4.78, 5) is 12.6. The van der Waals surface area contributed by atoms with E-state index in [1.165, 1.54) is 10.7 Å². The second-order valence-corrected chi connectivity index (χ2v) is 8.99. The zero-order valence-corrected chi connectivity index (χ0v) is 16.5. The van der Waals surface area contributed by atoms with Crippen molar-refractivity contribution in [2.45, 2.75) is 56.0 Å². The van der Waals surface area contributed by atoms with Gasteiger partial charge in [-0.2, -0.15) is 9.40 Å². The minimum Gasteiger partial charge on any atom is -0.324 e. The minimum atomic E-state index is -3.53. The molecule has 3 rings (SSSR count). The van der Waals surface area contributed by atoms with E-state index in [0.29, 0.717) is 5.69 Å². The molecule has 146 valence electrons. The highest BCUT2D eigenvalue weighted by Gasteiger charge is 2.29. The van der Waals surface area contributed by atoms with Crippen LogP contribution in [-0.4, -0.2) is 41.5 Å². The third-order valence-electron chi connectivity index (χ3n) is 5.19. The third-order valence-corrected chi connectivity index (χ3v) is 7.11. The fraction of sp³-hybridized carbons (Fsp3) is 0.474. The number of carbonyl (C=O) groups is 1. The van der Waals surface area contributed by atoms with Gasteiger partial charge in [-0.15, -0.1) is 0 Å². The van der Waals surface area contributed by atoms with Crippen LogP contribution in [0.3, 0.4) is 0 Å². The first-order chi connectivity index (χ1) is 12.9. The van der Waals surface area contributed by atoms with Crippen LogP contribution in [0.1, 0.15) is 45.1 Å². The van der Waals surface area contributed by atoms with Crippen LogP contribution in [0, 0.1) is 0 Å². The number of anilines is 1. The molecule has 0 saturated heterocycles. The molecule has 1 amide bonds. The predicted octanol–water partition coefficient (Wildman–Crippen LogP) is 3.04. The van der Waals surface area contributed by atoms with E-state index in [4.69, 9.17) is 0 Å². The topological polar surface area (TPSA) is 84.3 Å². The van der Waals surface area contributed by atoms with Crippen LogP contribution >= 0.6 is 0 Å². The first-order valence-corrected chi connectivity index (χ1v) is 10.7. The Morgan fingerprint density at radius 2 is 1.89 bits per heavy atom. The third kappa shape index (κ3) is 4.39. The van der Waals surface area contributed by atoms with E-state index in [2.05, 4.69) is 10.4 Å². The Morgan fingerprint density at radius 3 is 2.48 bits per heavy atom. The summed E-state index contributed by atoms with van der Waals surface area (Å²) in [6, 6.07) is 7.70. The van der Waals surface area contributed by atoms with Crippen LogP contribution in [0.25, 0.3) is 0 Å². The number of hydrogen-bond donors (Lipinski definition) is 1. The van der Waals surface area contributed by atoms with E-state index in [1.54, 1.807) is 61.4 Å². The van der Waals surface area contributed by atoms with Crippen molar-refractivity contribution in [3.8, 4) is 0 Å². The molecule has 1 saturated carbocycles. The van der Waals surface area contributed by atoms with E-state index < -0.39 is 16.1 Å². The van der Waals surface area contributed by atoms with E-state index in [-0.39, 0.29) is 16.8 Å². The van der Waals surface area contributed by atoms with Crippen LogP contribution in [0.5, 0.6) is 0 Å². The average molecular weight is 391 g/mol. The van der Waals surface area contributed by atoms with Crippen molar-refractivity contribution < 1.29 is 13.2 Å². The van der Waals surface area contributed by atoms with Gasteiger partial charge in [0, 0.05) is 31.2 Å². The fourth-order valence-corrected chi connectivity index (χ4v) is 4.81. The average Bonchev–Trinajstić information content (AvgIpc) is 3.22. The van der Waals surface area contributed by atoms with E-state index in [0.717, 1.165) is 25.7 Å². The van der Waals surface area contributed by atoms with Crippen LogP contribution in [0.15, 0.2) is 47.6 Å². The molecule has 0 bridgehead atoms. The van der Waals surface area contributed by atoms with Gasteiger partial charge in [-0.25, -0.2) is 8.42 Å². The molecule has 2 aromatic rings. The number of aromatic nitrogens is 2. The van der Waals surface area contributed by atoms with Crippen molar-refractivity contribution in [1.29, 1.82) is 0 Å². The molecular formula is C19H26N4O3S. The molecule has 7 nitrogen and oxygen atoms in total. The first kappa shape index (κ1) is 19.6. The molecule has 1 N–H and O–H groups in total. The van der Waals surface area contributed by atoms with Crippen molar-refractivity contribution in [1.82, 2.24) is 14.1 Å². The normalized spacial score (nSPS) is 17.0. The fourth-order valence-electron chi connectivity index (χ4n) is 3.39. The lowest BCUT2D eigenvalue weighted by molar-refractivity contribution is -0.119. The Labute approximate surface area is 160 Å². The Bertz CT molecular complexity index is 857. The second-order valence-electron chi connectivity index (χ2n) is 6.99. The minimum absolute atomic E-state index is 0.0676. The number of carbonyl (C=O) groups excluding carboxylic acids is 1. The summed E-state index contributed by atoms with van der Waals surface area (Å²) < 4.78 is 28.8. The van der Waals surface area contributed by atoms with Crippen molar-refractivity contribution in [3.63, 3.8) is 0 Å². The van der Waals surface area contributed by atoms with Gasteiger partial charge in [0.05, 0.1) is 4.90 Å². The quantitative estimate of drug-likeness (QED) is 0.822. The second kappa shape index (κ2) is 8.22. The SMILES string of the molecule is CC(C(=O)Nc1ccc(S(=O)(=O)N(C)C2CCCCC2)cc1)n1cccn1. The van der Waals surface area contributed by atoms with Gasteiger partial charge in [-0.3, -0.25) is 9.48 Å². The van der Waals surface area contributed by atoms with Crippen LogP contribution in [0.4, 0.5) is 5.69 Å². The van der Waals surface area contributed by atoms with Crippen LogP contribution in [0.2, 0.25) is 0 Å². The van der Waals surface area contributed by atoms with Gasteiger partial charge in [0.2, 0.25) is 15.9 Å². The Morgan fingerprint density at radius 1 is 1.22 bits per heavy atom. The summed E-state index contributed by atoms with van der Waals surface area (Å²) in [5.74, 6) is -0.214. The van der Waals surface area contributed by atoms with E-state index in [1.807, 2.05) is 0 Å². The molecule has 1 aromatic carbocycles. The summed E-state index contributed by atoms with van der Waals surface area (Å²) in [6.45, 7) is 1.75. The number of rotatable bonds is 6. The van der Waals surface area contributed by atoms with Crippen LogP contribution in [-0.2, 0) is 14.8 Å². The molecule has 0 aliphatic heterocycles. The van der Waals surface area contributed by atoms with E-state index in [9.17, 15) is 13.2 Å². The van der Waals surface area contributed by atoms with Gasteiger partial charge in [-0.05, 0) is 50.1 Å². The summed E-state index contributed by atoms with van der Waals surface area (Å²) >= 11 is 0. The molecule has 1 aliphatic rings. The Balaban J connectivity index is 1.68. The van der Waals surface area contributed by atoms with Crippen molar-refractivity contribution in [3.05, 3.63) is 42.7 Å². The number of hydrogen-bond acceptors (Lipinski definition) is 4. The van der Waals surface area contributed by atoms with E-state index >= 15 is 0 Å². The van der Waals surface area contributed by atoms with Gasteiger partial charge in [0.15, 0.2) is 0 Å². The molecular weight excluding hydrogens is 364 g/mol. The molecule has 1 aromatic heterocycles. The molecule has 1 atom stereocenters. The summed E-state index contributed by atoms with van der Waals surface area (Å²) in [6.07, 6.45) is 8.49. The maximum Gasteiger partial charge on any atom is 0.248 e. The van der Waals surface area contributed by atoms with Gasteiger partial charge >= 0.3 is 0 Å². The van der Waals surface area contributed by atoms with Gasteiger partial charge in [0.25, 0.3) is 0 Å². The molecule has 0 radical (unpaired) electrons. The smallest absolute Gasteiger partial charge is 0.248 e. The summed E-state index contributed by atoms with van der Waals surface area (Å²) in [5, 5.41) is 6.85. The lowest BCUT2D eigenvalue weighted by Crippen LogP contribution is -2.38. The monoisotopic (exact) mass is 390 g/mol. The van der Waals surface area contributed by atoms with Gasteiger partial charge < -0.3 is 5.32 Å². The molecule has 1 aliphatic carbocycles. The van der Waals surface area contributed by atoms with Crippen molar-refractivity contribution in [2.24, 2.45) is 0 Å². The molecule has 1 unspecified atom stereocenters. The van der Waals surface area contributed by atoms with Crippen molar-refractivity contribution >= 4 is 21.6 Å². The standard InChI is InChI=1S/C19H26N4O3S/c1-15(23-14-6-13-20-23)19(24)21-16-9-11-18(12-10-16)27(25,26)22(2)17-7-4-3-5-8-17/h6,9-15,17H,3-5,7-8H2,1-2H3,(H,21,24). The largest absolute Gasteiger partial charge is 0.324 e. The molecule has 8 heteroatoms. The number of benzene rings is 1.